The van der Waals surface area contributed by atoms with Crippen LogP contribution in [0.4, 0.5) is 8.78 Å². The Balaban J connectivity index is 4.06. The second-order valence-corrected chi connectivity index (χ2v) is 9.77. The maximum atomic E-state index is 12.2. The lowest BCUT2D eigenvalue weighted by atomic mass is 10.5. The Morgan fingerprint density at radius 3 is 1.94 bits per heavy atom. The summed E-state index contributed by atoms with van der Waals surface area (Å²) < 4.78 is 35.4. The molecule has 8 heteroatoms. The Morgan fingerprint density at radius 2 is 1.56 bits per heavy atom. The second kappa shape index (κ2) is 11.6. The minimum absolute atomic E-state index is 0.261. The summed E-state index contributed by atoms with van der Waals surface area (Å²) in [6, 6.07) is 0. The molecule has 0 unspecified atom stereocenters. The molecule has 0 bridgehead atoms. The van der Waals surface area contributed by atoms with Gasteiger partial charge in [0.1, 0.15) is 13.3 Å². The van der Waals surface area contributed by atoms with E-state index in [1.165, 1.54) is 11.4 Å². The summed E-state index contributed by atoms with van der Waals surface area (Å²) in [5, 5.41) is 0. The molecule has 110 valence electrons. The van der Waals surface area contributed by atoms with Crippen LogP contribution in [0.15, 0.2) is 0 Å². The molecule has 0 radical (unpaired) electrons. The first kappa shape index (κ1) is 18.7. The normalized spacial score (nSPS) is 12.3. The molecule has 0 aromatic heterocycles. The Kier molecular flexibility index (Phi) is 12.0. The fraction of sp³-hybridized carbons (Fsp3) is 1.00. The van der Waals surface area contributed by atoms with Crippen molar-refractivity contribution in [3.8, 4) is 0 Å². The summed E-state index contributed by atoms with van der Waals surface area (Å²) in [6.45, 7) is 4.97. The monoisotopic (exact) mass is 321 g/mol. The van der Waals surface area contributed by atoms with E-state index in [1.54, 1.807) is 4.90 Å². The Hall–Kier alpha value is 0.740. The van der Waals surface area contributed by atoms with Crippen LogP contribution in [-0.4, -0.2) is 56.8 Å². The third-order valence-electron chi connectivity index (χ3n) is 2.03. The van der Waals surface area contributed by atoms with E-state index in [1.807, 2.05) is 13.8 Å². The fourth-order valence-corrected chi connectivity index (χ4v) is 6.00. The van der Waals surface area contributed by atoms with Crippen LogP contribution in [-0.2, 0) is 20.9 Å². The van der Waals surface area contributed by atoms with E-state index >= 15 is 0 Å². The second-order valence-electron chi connectivity index (χ2n) is 3.34. The molecule has 0 heterocycles. The summed E-state index contributed by atoms with van der Waals surface area (Å²) >= 11 is 6.79. The molecule has 3 nitrogen and oxygen atoms in total. The molecule has 0 aromatic carbocycles. The predicted molar refractivity (Wildman–Crippen MR) is 78.4 cm³/mol. The Labute approximate surface area is 118 Å². The Morgan fingerprint density at radius 1 is 1.06 bits per heavy atom. The third kappa shape index (κ3) is 8.77. The van der Waals surface area contributed by atoms with E-state index < -0.39 is 19.0 Å². The van der Waals surface area contributed by atoms with Crippen molar-refractivity contribution in [1.29, 1.82) is 0 Å². The van der Waals surface area contributed by atoms with E-state index in [4.69, 9.17) is 20.9 Å². The van der Waals surface area contributed by atoms with Gasteiger partial charge in [-0.2, -0.15) is 0 Å². The minimum atomic E-state index is -2.28. The topological polar surface area (TPSA) is 21.7 Å². The van der Waals surface area contributed by atoms with Crippen molar-refractivity contribution in [2.45, 2.75) is 13.8 Å². The number of hydrogen-bond donors (Lipinski definition) is 0. The van der Waals surface area contributed by atoms with E-state index in [2.05, 4.69) is 0 Å². The molecular weight excluding hydrogens is 299 g/mol. The van der Waals surface area contributed by atoms with Crippen molar-refractivity contribution in [2.75, 3.05) is 52.0 Å². The molecule has 0 atom stereocenters. The van der Waals surface area contributed by atoms with Gasteiger partial charge in [0.15, 0.2) is 0 Å². The average molecular weight is 321 g/mol. The van der Waals surface area contributed by atoms with Crippen molar-refractivity contribution in [3.05, 3.63) is 0 Å². The minimum Gasteiger partial charge on any atom is -0.322 e. The summed E-state index contributed by atoms with van der Waals surface area (Å²) in [5.74, 6) is 0.664. The van der Waals surface area contributed by atoms with Gasteiger partial charge in [0, 0.05) is 25.4 Å². The molecule has 0 aliphatic heterocycles. The molecule has 0 saturated carbocycles. The molecule has 0 rings (SSSR count). The van der Waals surface area contributed by atoms with E-state index in [-0.39, 0.29) is 13.1 Å². The van der Waals surface area contributed by atoms with Gasteiger partial charge < -0.3 is 9.05 Å². The van der Waals surface area contributed by atoms with Gasteiger partial charge in [0.05, 0.1) is 13.2 Å². The van der Waals surface area contributed by atoms with Gasteiger partial charge in [-0.3, -0.25) is 4.90 Å². The molecule has 0 spiro atoms. The predicted octanol–water partition coefficient (Wildman–Crippen LogP) is 3.26. The maximum Gasteiger partial charge on any atom is 0.247 e. The summed E-state index contributed by atoms with van der Waals surface area (Å²) in [6.07, 6.45) is 0. The zero-order valence-corrected chi connectivity index (χ0v) is 13.5. The number of halogens is 2. The lowest BCUT2D eigenvalue weighted by Gasteiger charge is -2.23. The molecule has 0 amide bonds. The van der Waals surface area contributed by atoms with Gasteiger partial charge in [-0.15, -0.1) is 0 Å². The van der Waals surface area contributed by atoms with E-state index in [9.17, 15) is 8.78 Å². The van der Waals surface area contributed by atoms with Crippen LogP contribution >= 0.6 is 17.1 Å². The fourth-order valence-electron chi connectivity index (χ4n) is 1.28. The first-order chi connectivity index (χ1) is 8.61. The van der Waals surface area contributed by atoms with Crippen molar-refractivity contribution < 1.29 is 17.8 Å². The molecular formula is C10H22F2NO2PS2. The lowest BCUT2D eigenvalue weighted by Crippen LogP contribution is -2.30. The van der Waals surface area contributed by atoms with Crippen LogP contribution in [0.2, 0.25) is 0 Å². The summed E-state index contributed by atoms with van der Waals surface area (Å²) in [7, 11) is 0. The maximum absolute atomic E-state index is 12.2. The standard InChI is InChI=1S/C10H22F2NO2PS2/c1-3-14-16(17,15-4-2)18-10-9-13(7-5-11)8-6-12/h3-10H2,1-2H3. The number of rotatable bonds is 12. The number of hydrogen-bond acceptors (Lipinski definition) is 5. The highest BCUT2D eigenvalue weighted by atomic mass is 32.9. The first-order valence-corrected chi connectivity index (χ1v) is 10.2. The quantitative estimate of drug-likeness (QED) is 0.513. The van der Waals surface area contributed by atoms with Gasteiger partial charge in [0.2, 0.25) is 5.69 Å². The average Bonchev–Trinajstić information content (AvgIpc) is 2.30. The van der Waals surface area contributed by atoms with Crippen molar-refractivity contribution in [3.63, 3.8) is 0 Å². The molecule has 0 aromatic rings. The first-order valence-electron chi connectivity index (χ1n) is 5.99. The highest BCUT2D eigenvalue weighted by molar-refractivity contribution is 8.67. The molecule has 0 N–H and O–H groups in total. The zero-order chi connectivity index (χ0) is 13.9. The van der Waals surface area contributed by atoms with Crippen molar-refractivity contribution in [1.82, 2.24) is 4.90 Å². The highest BCUT2D eigenvalue weighted by Gasteiger charge is 2.19. The SMILES string of the molecule is CCOP(=S)(OCC)SCCN(CCF)CCF. The van der Waals surface area contributed by atoms with Gasteiger partial charge in [-0.25, -0.2) is 8.78 Å². The Bertz CT molecular complexity index is 234. The van der Waals surface area contributed by atoms with E-state index in [0.717, 1.165) is 0 Å². The molecule has 0 fully saturated rings. The van der Waals surface area contributed by atoms with E-state index in [0.29, 0.717) is 25.5 Å². The van der Waals surface area contributed by atoms with Crippen LogP contribution in [0.3, 0.4) is 0 Å². The largest absolute Gasteiger partial charge is 0.322 e. The summed E-state index contributed by atoms with van der Waals surface area (Å²) in [4.78, 5) is 1.74. The zero-order valence-electron chi connectivity index (χ0n) is 10.9. The van der Waals surface area contributed by atoms with Crippen LogP contribution in [0.5, 0.6) is 0 Å². The van der Waals surface area contributed by atoms with Gasteiger partial charge in [-0.05, 0) is 25.7 Å². The summed E-state index contributed by atoms with van der Waals surface area (Å²) in [5.41, 5.74) is -2.28. The van der Waals surface area contributed by atoms with Gasteiger partial charge >= 0.3 is 0 Å². The van der Waals surface area contributed by atoms with Crippen molar-refractivity contribution >= 4 is 28.9 Å². The molecule has 0 aliphatic carbocycles. The number of alkyl halides is 2. The van der Waals surface area contributed by atoms with Crippen LogP contribution in [0.1, 0.15) is 13.8 Å². The third-order valence-corrected chi connectivity index (χ3v) is 7.57. The van der Waals surface area contributed by atoms with Crippen LogP contribution < -0.4 is 0 Å². The highest BCUT2D eigenvalue weighted by Crippen LogP contribution is 2.60. The van der Waals surface area contributed by atoms with Crippen LogP contribution in [0, 0.1) is 0 Å². The molecule has 0 saturated heterocycles. The van der Waals surface area contributed by atoms with Gasteiger partial charge in [-0.1, -0.05) is 11.4 Å². The van der Waals surface area contributed by atoms with Gasteiger partial charge in [0.25, 0.3) is 0 Å². The number of nitrogens with zero attached hydrogens (tertiary/aromatic N) is 1. The smallest absolute Gasteiger partial charge is 0.247 e. The lowest BCUT2D eigenvalue weighted by molar-refractivity contribution is 0.239. The van der Waals surface area contributed by atoms with Crippen molar-refractivity contribution in [2.24, 2.45) is 0 Å². The van der Waals surface area contributed by atoms with Crippen LogP contribution in [0.25, 0.3) is 0 Å². The molecule has 0 aliphatic rings. The molecule has 18 heavy (non-hydrogen) atoms.